The number of H-pyrrole nitrogens is 3. The molecular weight excluding hydrogens is 1500 g/mol. The molecule has 3 aromatic rings. The minimum atomic E-state index is -3.90. The summed E-state index contributed by atoms with van der Waals surface area (Å²) in [6.07, 6.45) is -2.33. The highest BCUT2D eigenvalue weighted by atomic mass is 32.1. The number of hydrogen-bond donors (Lipinski definition) is 16. The van der Waals surface area contributed by atoms with Gasteiger partial charge in [-0.15, -0.1) is 25.7 Å². The number of nitrogens with two attached hydrogens (primary N) is 4. The second-order valence-electron chi connectivity index (χ2n) is 25.2. The average molecular weight is 1590 g/mol. The third kappa shape index (κ3) is 20.2. The van der Waals surface area contributed by atoms with Crippen molar-refractivity contribution in [3.05, 3.63) is 105 Å². The van der Waals surface area contributed by atoms with Crippen LogP contribution in [0.25, 0.3) is 0 Å². The van der Waals surface area contributed by atoms with Crippen LogP contribution < -0.4 is 44.9 Å². The molecule has 592 valence electrons. The van der Waals surface area contributed by atoms with Gasteiger partial charge in [0.15, 0.2) is 65.5 Å². The van der Waals surface area contributed by atoms with E-state index >= 15 is 17.6 Å². The minimum absolute atomic E-state index is 0.139. The number of terminal acetylenes is 4. The highest BCUT2D eigenvalue weighted by Gasteiger charge is 2.61. The second-order valence-corrected chi connectivity index (χ2v) is 26.4. The summed E-state index contributed by atoms with van der Waals surface area (Å²) in [5.74, 6) is -12.5. The van der Waals surface area contributed by atoms with Gasteiger partial charge in [-0.2, -0.15) is 0 Å². The number of rotatable bonds is 20. The van der Waals surface area contributed by atoms with Crippen molar-refractivity contribution >= 4 is 66.4 Å². The van der Waals surface area contributed by atoms with Gasteiger partial charge in [0, 0.05) is 24.8 Å². The van der Waals surface area contributed by atoms with Crippen LogP contribution >= 0.6 is 36.7 Å². The largest absolute Gasteiger partial charge is 0.458 e. The van der Waals surface area contributed by atoms with Gasteiger partial charge in [-0.3, -0.25) is 67.0 Å². The lowest BCUT2D eigenvalue weighted by molar-refractivity contribution is -0.219. The Balaban J connectivity index is 0.000000272. The first-order valence-corrected chi connectivity index (χ1v) is 32.7. The monoisotopic (exact) mass is 1590 g/mol. The number of nitrogens with one attached hydrogen (secondary N) is 4. The van der Waals surface area contributed by atoms with Gasteiger partial charge in [0.25, 0.3) is 46.0 Å². The van der Waals surface area contributed by atoms with E-state index in [0.29, 0.717) is 9.47 Å². The zero-order valence-corrected chi connectivity index (χ0v) is 60.5. The van der Waals surface area contributed by atoms with Gasteiger partial charge in [-0.1, -0.05) is 85.7 Å². The van der Waals surface area contributed by atoms with E-state index in [4.69, 9.17) is 122 Å². The van der Waals surface area contributed by atoms with Crippen molar-refractivity contribution in [3.8, 4) is 49.4 Å². The van der Waals surface area contributed by atoms with Gasteiger partial charge < -0.3 is 112 Å². The van der Waals surface area contributed by atoms with E-state index in [9.17, 15) is 79.2 Å². The summed E-state index contributed by atoms with van der Waals surface area (Å²) in [4.78, 5) is 102. The van der Waals surface area contributed by atoms with E-state index in [2.05, 4.69) is 48.2 Å². The number of nitrogens with zero attached hydrogens (tertiary/aromatic N) is 4. The summed E-state index contributed by atoms with van der Waals surface area (Å²) in [5, 5.41) is 83.7. The molecule has 5 aliphatic rings. The van der Waals surface area contributed by atoms with Crippen molar-refractivity contribution in [2.45, 2.75) is 177 Å². The molecule has 43 heteroatoms. The Morgan fingerprint density at radius 2 is 0.824 bits per heavy atom. The lowest BCUT2D eigenvalue weighted by atomic mass is 10.1. The van der Waals surface area contributed by atoms with Crippen molar-refractivity contribution in [3.63, 3.8) is 0 Å². The molecule has 4 fully saturated rings. The summed E-state index contributed by atoms with van der Waals surface area (Å²) in [6, 6.07) is -4.61. The third-order valence-electron chi connectivity index (χ3n) is 16.1. The molecule has 0 aliphatic carbocycles. The van der Waals surface area contributed by atoms with Gasteiger partial charge in [0.05, 0.1) is 8.22 Å². The lowest BCUT2D eigenvalue weighted by Gasteiger charge is -2.33. The number of aromatic nitrogens is 6. The number of hydrogen-bond acceptors (Lipinski definition) is 32. The number of alkyl halides is 4. The van der Waals surface area contributed by atoms with E-state index in [1.54, 1.807) is 41.5 Å². The van der Waals surface area contributed by atoms with Crippen LogP contribution in [0.2, 0.25) is 0 Å². The molecule has 5 aliphatic heterocycles. The molecule has 108 heavy (non-hydrogen) atoms. The van der Waals surface area contributed by atoms with Crippen molar-refractivity contribution in [2.75, 3.05) is 26.3 Å². The zero-order valence-electron chi connectivity index (χ0n) is 64.1. The molecule has 3 aromatic heterocycles. The molecule has 4 saturated heterocycles. The summed E-state index contributed by atoms with van der Waals surface area (Å²) < 4.78 is 149. The molecular formula is C65H82F4N12O24S3. The van der Waals surface area contributed by atoms with Gasteiger partial charge in [-0.25, -0.2) is 17.6 Å². The molecule has 0 aromatic carbocycles. The topological polar surface area (TPSA) is 554 Å². The molecule has 0 spiro atoms. The zero-order chi connectivity index (χ0) is 87.5. The molecule has 0 bridgehead atoms. The smallest absolute Gasteiger partial charge is 0.323 e. The van der Waals surface area contributed by atoms with Crippen molar-refractivity contribution in [2.24, 2.45) is 46.6 Å². The van der Waals surface area contributed by atoms with Gasteiger partial charge >= 0.3 is 23.9 Å². The predicted molar refractivity (Wildman–Crippen MR) is 371 cm³/mol. The number of aromatic amines is 3. The van der Waals surface area contributed by atoms with Crippen LogP contribution in [0.4, 0.5) is 17.6 Å². The molecule has 8 rings (SSSR count). The number of esters is 4. The van der Waals surface area contributed by atoms with Gasteiger partial charge in [-0.05, 0) is 60.3 Å². The summed E-state index contributed by atoms with van der Waals surface area (Å²) in [5.41, 5.74) is 19.3. The molecule has 1 amide bonds. The van der Waals surface area contributed by atoms with Gasteiger partial charge in [0.1, 0.15) is 101 Å². The Morgan fingerprint density at radius 3 is 1.19 bits per heavy atom. The van der Waals surface area contributed by atoms with Crippen molar-refractivity contribution < 1.29 is 129 Å². The number of aliphatic hydroxyl groups is 8. The van der Waals surface area contributed by atoms with Crippen LogP contribution in [-0.4, -0.2) is 233 Å². The molecule has 0 saturated carbocycles. The Hall–Kier alpha value is -8.75. The van der Waals surface area contributed by atoms with Crippen LogP contribution in [0.3, 0.4) is 0 Å². The quantitative estimate of drug-likeness (QED) is 0.0173. The maximum Gasteiger partial charge on any atom is 0.323 e. The first-order chi connectivity index (χ1) is 52.3. The highest BCUT2D eigenvalue weighted by molar-refractivity contribution is 7.71. The SMILES string of the molecule is C#Cc1cn([C@@H]2O[C@](F)(COC(=O)[C@@H](N)C(C)C)[C@@H](O)[C@H]2O)c(=S)[nH]c1=O.[2H]C([2H])(OC(=O)[C@@H](N)C(C)C)[C@@]1(F)O[C@@H](n2cc(C#C)c(=O)[nH]c2=S)[C@H](O)[C@@H]1O.[2H]C([2H])(OC(=O)[C@@H](N)C(C)C)[C@@]1(F)O[C@@]([2H])(N2C=C(C#C)C(=O)NC2=C)[C@H](O)[C@@H]1O.[2H][C@@]1(n2cc(C#C)c(=O)[nH]c2=S)O[C@](F)(COC(=O)[C@@H](N)C(C)C)[C@@H](O)[C@H]1O. The normalized spacial score (nSPS) is 32.0. The predicted octanol–water partition coefficient (Wildman–Crippen LogP) is -3.33. The fraction of sp³-hybridized carbons (Fsp3) is 0.554. The summed E-state index contributed by atoms with van der Waals surface area (Å²) in [6.45, 7) is 6.96. The molecule has 36 nitrogen and oxygen atoms in total. The minimum Gasteiger partial charge on any atom is -0.458 e. The van der Waals surface area contributed by atoms with E-state index in [1.165, 1.54) is 13.8 Å². The molecule has 20 N–H and O–H groups in total. The van der Waals surface area contributed by atoms with Crippen LogP contribution in [0.1, 0.15) is 99.0 Å². The Morgan fingerprint density at radius 1 is 0.528 bits per heavy atom. The lowest BCUT2D eigenvalue weighted by Crippen LogP contribution is -2.47. The van der Waals surface area contributed by atoms with Crippen molar-refractivity contribution in [1.29, 1.82) is 0 Å². The molecule has 0 unspecified atom stereocenters. The first kappa shape index (κ1) is 80.3. The Bertz CT molecular complexity index is 4790. The number of aliphatic hydroxyl groups excluding tert-OH is 8. The third-order valence-corrected chi connectivity index (χ3v) is 17.0. The number of amides is 1. The van der Waals surface area contributed by atoms with Crippen LogP contribution in [0, 0.1) is 87.4 Å². The maximum atomic E-state index is 15.5. The van der Waals surface area contributed by atoms with Crippen LogP contribution in [0.15, 0.2) is 57.1 Å². The van der Waals surface area contributed by atoms with Crippen molar-refractivity contribution in [1.82, 2.24) is 38.9 Å². The van der Waals surface area contributed by atoms with E-state index in [-0.39, 0.29) is 49.5 Å². The standard InChI is InChI=1S/C17H22FN3O6.3C16H20FN3O6S/c1-5-10-6-21(9(4)20-14(10)24)15-12(22)13(23)17(18,27-15)7-26-16(25)11(19)8(2)3;3*1-4-8-5-20(15(27)19-12(8)23)13-10(21)11(22)16(17,26-13)6-25-14(24)9(18)7(2)3/h1,6,8,11-13,15,22-23H,4,7,19H2,2-3H3,(H,20,24);3*1,5,7,9-11,13,21-22H,6,18H2,2-3H3,(H,19,23,27)/t11-,12+,13-,15+,17+;3*9-,10+,11-,13+,16+/m0000/s1/i7D2,15D;13D;6D2;. The van der Waals surface area contributed by atoms with E-state index in [0.717, 1.165) is 33.9 Å². The Labute approximate surface area is 635 Å². The number of carbonyl (C=O) groups excluding carboxylic acids is 5. The molecule has 20 atom stereocenters. The van der Waals surface area contributed by atoms with E-state index < -0.39 is 211 Å². The fourth-order valence-corrected chi connectivity index (χ4v) is 9.79. The number of halogens is 4. The maximum absolute atomic E-state index is 15.5. The van der Waals surface area contributed by atoms with Crippen LogP contribution in [-0.2, 0) is 61.9 Å². The van der Waals surface area contributed by atoms with Crippen LogP contribution in [0.5, 0.6) is 0 Å². The highest BCUT2D eigenvalue weighted by Crippen LogP contribution is 2.42. The van der Waals surface area contributed by atoms with Gasteiger partial charge in [0.2, 0.25) is 0 Å². The second kappa shape index (κ2) is 36.6. The number of carbonyl (C=O) groups is 5. The average Bonchev–Trinajstić information content (AvgIpc) is 1.56. The summed E-state index contributed by atoms with van der Waals surface area (Å²) in [7, 11) is 0. The summed E-state index contributed by atoms with van der Waals surface area (Å²) >= 11 is 14.8. The number of ether oxygens (including phenoxy) is 8. The Kier molecular flexibility index (Phi) is 27.2. The van der Waals surface area contributed by atoms with E-state index in [1.807, 2.05) is 11.8 Å². The fourth-order valence-electron chi connectivity index (χ4n) is 9.06. The molecule has 0 radical (unpaired) electrons. The first-order valence-electron chi connectivity index (χ1n) is 34.5. The molecule has 8 heterocycles.